The maximum Gasteiger partial charge on any atom is 0.289 e. The Kier molecular flexibility index (Phi) is 5.00. The number of aromatic nitrogens is 1. The third-order valence-electron chi connectivity index (χ3n) is 5.77. The Morgan fingerprint density at radius 3 is 2.59 bits per heavy atom. The van der Waals surface area contributed by atoms with Crippen molar-refractivity contribution in [3.8, 4) is 11.1 Å². The van der Waals surface area contributed by atoms with Crippen molar-refractivity contribution in [2.75, 3.05) is 6.54 Å². The first-order valence-electron chi connectivity index (χ1n) is 9.98. The lowest BCUT2D eigenvalue weighted by Gasteiger charge is -2.25. The monoisotopic (exact) mass is 467 g/mol. The van der Waals surface area contributed by atoms with Gasteiger partial charge in [0.05, 0.1) is 11.5 Å². The molecule has 9 heteroatoms. The molecule has 162 valence electrons. The summed E-state index contributed by atoms with van der Waals surface area (Å²) in [5.74, 6) is 0. The second-order valence-electron chi connectivity index (χ2n) is 7.64. The number of aromatic amines is 1. The third-order valence-corrected chi connectivity index (χ3v) is 7.90. The first-order chi connectivity index (χ1) is 15.4. The largest absolute Gasteiger partial charge is 0.357 e. The number of hydrogen-bond acceptors (Lipinski definition) is 4. The van der Waals surface area contributed by atoms with Crippen molar-refractivity contribution in [2.45, 2.75) is 17.9 Å². The van der Waals surface area contributed by atoms with Gasteiger partial charge in [-0.25, -0.2) is 8.42 Å². The van der Waals surface area contributed by atoms with Gasteiger partial charge in [-0.05, 0) is 41.8 Å². The fraction of sp³-hybridized carbons (Fsp3) is 0.130. The third kappa shape index (κ3) is 3.37. The molecule has 0 unspecified atom stereocenters. The Bertz CT molecular complexity index is 1480. The van der Waals surface area contributed by atoms with Crippen molar-refractivity contribution in [1.82, 2.24) is 9.29 Å². The number of nitrogens with zero attached hydrogens (tertiary/aromatic N) is 2. The molecule has 0 radical (unpaired) electrons. The highest BCUT2D eigenvalue weighted by molar-refractivity contribution is 7.89. The van der Waals surface area contributed by atoms with Crippen LogP contribution in [0.2, 0.25) is 5.02 Å². The van der Waals surface area contributed by atoms with E-state index in [1.165, 1.54) is 28.6 Å². The Morgan fingerprint density at radius 2 is 1.78 bits per heavy atom. The summed E-state index contributed by atoms with van der Waals surface area (Å²) >= 11 is 6.30. The van der Waals surface area contributed by atoms with Gasteiger partial charge >= 0.3 is 0 Å². The van der Waals surface area contributed by atoms with Crippen LogP contribution < -0.4 is 0 Å². The molecule has 32 heavy (non-hydrogen) atoms. The van der Waals surface area contributed by atoms with E-state index in [-0.39, 0.29) is 18.0 Å². The number of nitro groups is 1. The number of nitrogens with one attached hydrogen (secondary N) is 1. The number of halogens is 1. The number of sulfonamides is 1. The second-order valence-corrected chi connectivity index (χ2v) is 9.98. The topological polar surface area (TPSA) is 96.3 Å². The van der Waals surface area contributed by atoms with Crippen molar-refractivity contribution in [1.29, 1.82) is 0 Å². The molecule has 0 saturated heterocycles. The summed E-state index contributed by atoms with van der Waals surface area (Å²) in [5, 5.41) is 13.1. The first-order valence-corrected chi connectivity index (χ1v) is 11.8. The number of benzene rings is 3. The van der Waals surface area contributed by atoms with Gasteiger partial charge in [-0.15, -0.1) is 0 Å². The summed E-state index contributed by atoms with van der Waals surface area (Å²) in [7, 11) is -4.12. The predicted octanol–water partition coefficient (Wildman–Crippen LogP) is 5.14. The van der Waals surface area contributed by atoms with Crippen LogP contribution in [0.15, 0.2) is 71.6 Å². The molecule has 0 spiro atoms. The summed E-state index contributed by atoms with van der Waals surface area (Å²) in [6.07, 6.45) is 0.450. The normalized spacial score (nSPS) is 14.4. The Morgan fingerprint density at radius 1 is 1.03 bits per heavy atom. The SMILES string of the molecule is O=[N+]([O-])c1ccccc1S(=O)(=O)N1CCc2ccc(Cl)cc2-c2c([nH]c3ccccc23)C1. The fourth-order valence-corrected chi connectivity index (χ4v) is 6.03. The molecule has 1 aliphatic rings. The Hall–Kier alpha value is -3.20. The Balaban J connectivity index is 1.70. The lowest BCUT2D eigenvalue weighted by molar-refractivity contribution is -0.387. The molecule has 2 heterocycles. The molecule has 5 rings (SSSR count). The van der Waals surface area contributed by atoms with Crippen molar-refractivity contribution < 1.29 is 13.3 Å². The van der Waals surface area contributed by atoms with Crippen LogP contribution in [-0.4, -0.2) is 29.2 Å². The average Bonchev–Trinajstić information content (AvgIpc) is 3.13. The summed E-state index contributed by atoms with van der Waals surface area (Å²) in [5.41, 5.74) is 4.00. The Labute approximate surface area is 189 Å². The van der Waals surface area contributed by atoms with Gasteiger partial charge in [-0.2, -0.15) is 4.31 Å². The molecule has 0 fully saturated rings. The fourth-order valence-electron chi connectivity index (χ4n) is 4.29. The predicted molar refractivity (Wildman–Crippen MR) is 123 cm³/mol. The van der Waals surface area contributed by atoms with Crippen molar-refractivity contribution in [3.05, 3.63) is 93.1 Å². The molecule has 3 aromatic carbocycles. The van der Waals surface area contributed by atoms with Crippen LogP contribution >= 0.6 is 11.6 Å². The first kappa shape index (κ1) is 20.7. The number of nitro benzene ring substituents is 1. The molecule has 0 bridgehead atoms. The van der Waals surface area contributed by atoms with E-state index in [1.807, 2.05) is 36.4 Å². The minimum absolute atomic E-state index is 0.0599. The van der Waals surface area contributed by atoms with Crippen LogP contribution in [0.5, 0.6) is 0 Å². The zero-order valence-corrected chi connectivity index (χ0v) is 18.4. The molecule has 4 aromatic rings. The molecule has 1 aromatic heterocycles. The van der Waals surface area contributed by atoms with Crippen molar-refractivity contribution in [3.63, 3.8) is 0 Å². The van der Waals surface area contributed by atoms with Crippen LogP contribution in [-0.2, 0) is 23.0 Å². The standard InChI is InChI=1S/C23H18ClN3O4S/c24-16-10-9-15-11-12-26(32(30,31)22-8-4-3-7-21(22)27(28)29)14-20-23(18(15)13-16)17-5-1-2-6-19(17)25-20/h1-10,13,25H,11-12,14H2. The van der Waals surface area contributed by atoms with Gasteiger partial charge < -0.3 is 4.98 Å². The molecule has 0 aliphatic carbocycles. The molecule has 1 N–H and O–H groups in total. The van der Waals surface area contributed by atoms with Gasteiger partial charge in [0.25, 0.3) is 5.69 Å². The molecular weight excluding hydrogens is 450 g/mol. The van der Waals surface area contributed by atoms with E-state index < -0.39 is 20.6 Å². The smallest absolute Gasteiger partial charge is 0.289 e. The average molecular weight is 468 g/mol. The van der Waals surface area contributed by atoms with E-state index in [2.05, 4.69) is 4.98 Å². The quantitative estimate of drug-likeness (QED) is 0.333. The molecule has 0 atom stereocenters. The van der Waals surface area contributed by atoms with Gasteiger partial charge in [0, 0.05) is 39.8 Å². The van der Waals surface area contributed by atoms with Gasteiger partial charge in [0.1, 0.15) is 0 Å². The van der Waals surface area contributed by atoms with Gasteiger partial charge in [-0.3, -0.25) is 10.1 Å². The number of para-hydroxylation sites is 2. The number of hydrogen-bond donors (Lipinski definition) is 1. The minimum Gasteiger partial charge on any atom is -0.357 e. The molecule has 0 amide bonds. The van der Waals surface area contributed by atoms with E-state index >= 15 is 0 Å². The van der Waals surface area contributed by atoms with Crippen LogP contribution in [0.4, 0.5) is 5.69 Å². The van der Waals surface area contributed by atoms with Gasteiger partial charge in [0.15, 0.2) is 4.90 Å². The van der Waals surface area contributed by atoms with E-state index in [0.717, 1.165) is 33.3 Å². The maximum atomic E-state index is 13.6. The summed E-state index contributed by atoms with van der Waals surface area (Å²) in [6, 6.07) is 18.8. The van der Waals surface area contributed by atoms with Crippen LogP contribution in [0.1, 0.15) is 11.3 Å². The molecule has 0 saturated carbocycles. The summed E-state index contributed by atoms with van der Waals surface area (Å²) < 4.78 is 28.4. The van der Waals surface area contributed by atoms with E-state index in [0.29, 0.717) is 11.4 Å². The molecular formula is C23H18ClN3O4S. The van der Waals surface area contributed by atoms with Gasteiger partial charge in [-0.1, -0.05) is 48.0 Å². The number of rotatable bonds is 3. The molecule has 7 nitrogen and oxygen atoms in total. The minimum atomic E-state index is -4.12. The molecule has 1 aliphatic heterocycles. The zero-order chi connectivity index (χ0) is 22.5. The van der Waals surface area contributed by atoms with Crippen LogP contribution in [0.3, 0.4) is 0 Å². The van der Waals surface area contributed by atoms with Crippen LogP contribution in [0, 0.1) is 10.1 Å². The lowest BCUT2D eigenvalue weighted by atomic mass is 9.94. The van der Waals surface area contributed by atoms with E-state index in [9.17, 15) is 18.5 Å². The lowest BCUT2D eigenvalue weighted by Crippen LogP contribution is -2.34. The van der Waals surface area contributed by atoms with E-state index in [1.54, 1.807) is 6.07 Å². The summed E-state index contributed by atoms with van der Waals surface area (Å²) in [6.45, 7) is 0.238. The van der Waals surface area contributed by atoms with E-state index in [4.69, 9.17) is 11.6 Å². The number of fused-ring (bicyclic) bond motifs is 5. The van der Waals surface area contributed by atoms with Gasteiger partial charge in [0.2, 0.25) is 10.0 Å². The van der Waals surface area contributed by atoms with Crippen molar-refractivity contribution >= 4 is 38.2 Å². The second kappa shape index (κ2) is 7.74. The highest BCUT2D eigenvalue weighted by Crippen LogP contribution is 2.39. The highest BCUT2D eigenvalue weighted by Gasteiger charge is 2.33. The highest BCUT2D eigenvalue weighted by atomic mass is 35.5. The van der Waals surface area contributed by atoms with Crippen LogP contribution in [0.25, 0.3) is 22.0 Å². The van der Waals surface area contributed by atoms with Crippen molar-refractivity contribution in [2.24, 2.45) is 0 Å². The zero-order valence-electron chi connectivity index (χ0n) is 16.8. The maximum absolute atomic E-state index is 13.6. The summed E-state index contributed by atoms with van der Waals surface area (Å²) in [4.78, 5) is 13.9. The number of H-pyrrole nitrogens is 1.